The molecule has 2 aromatic carbocycles. The van der Waals surface area contributed by atoms with Crippen LogP contribution in [0.4, 0.5) is 5.13 Å². The summed E-state index contributed by atoms with van der Waals surface area (Å²) in [5, 5.41) is 6.68. The molecule has 2 atom stereocenters. The number of carbonyl (C=O) groups is 2. The Morgan fingerprint density at radius 3 is 2.72 bits per heavy atom. The average Bonchev–Trinajstić information content (AvgIpc) is 3.28. The van der Waals surface area contributed by atoms with Crippen molar-refractivity contribution >= 4 is 28.3 Å². The first-order valence-electron chi connectivity index (χ1n) is 12.7. The van der Waals surface area contributed by atoms with Gasteiger partial charge in [0.15, 0.2) is 5.13 Å². The summed E-state index contributed by atoms with van der Waals surface area (Å²) in [6.07, 6.45) is 7.04. The van der Waals surface area contributed by atoms with E-state index in [2.05, 4.69) is 17.6 Å². The molecule has 0 aliphatic heterocycles. The molecule has 0 saturated heterocycles. The van der Waals surface area contributed by atoms with Gasteiger partial charge in [-0.25, -0.2) is 4.98 Å². The maximum absolute atomic E-state index is 13.0. The van der Waals surface area contributed by atoms with Gasteiger partial charge in [-0.1, -0.05) is 38.3 Å². The van der Waals surface area contributed by atoms with Crippen LogP contribution in [0.2, 0.25) is 0 Å². The maximum atomic E-state index is 13.0. The first-order chi connectivity index (χ1) is 17.4. The Balaban J connectivity index is 1.39. The van der Waals surface area contributed by atoms with Crippen LogP contribution >= 0.6 is 11.3 Å². The van der Waals surface area contributed by atoms with Crippen LogP contribution in [0.3, 0.4) is 0 Å². The van der Waals surface area contributed by atoms with E-state index in [1.165, 1.54) is 30.6 Å². The van der Waals surface area contributed by atoms with Crippen molar-refractivity contribution in [2.45, 2.75) is 65.3 Å². The number of nitrogens with zero attached hydrogens (tertiary/aromatic N) is 1. The van der Waals surface area contributed by atoms with Gasteiger partial charge in [0, 0.05) is 16.0 Å². The van der Waals surface area contributed by atoms with Gasteiger partial charge in [0.05, 0.1) is 18.8 Å². The number of aromatic nitrogens is 1. The Hall–Kier alpha value is -3.19. The van der Waals surface area contributed by atoms with Crippen molar-refractivity contribution in [3.8, 4) is 5.75 Å². The summed E-state index contributed by atoms with van der Waals surface area (Å²) in [7, 11) is 1.61. The van der Waals surface area contributed by atoms with Crippen molar-refractivity contribution in [3.05, 3.63) is 75.3 Å². The molecule has 0 fully saturated rings. The summed E-state index contributed by atoms with van der Waals surface area (Å²) in [5.74, 6) is 1.12. The van der Waals surface area contributed by atoms with Gasteiger partial charge in [-0.15, -0.1) is 11.3 Å². The zero-order valence-corrected chi connectivity index (χ0v) is 22.3. The summed E-state index contributed by atoms with van der Waals surface area (Å²) < 4.78 is 5.28. The second-order valence-corrected chi connectivity index (χ2v) is 10.7. The van der Waals surface area contributed by atoms with Crippen LogP contribution in [0.25, 0.3) is 0 Å². The Bertz CT molecular complexity index is 1240. The number of amides is 2. The molecule has 2 amide bonds. The van der Waals surface area contributed by atoms with Gasteiger partial charge in [0.1, 0.15) is 5.75 Å². The van der Waals surface area contributed by atoms with Crippen molar-refractivity contribution in [1.82, 2.24) is 10.3 Å². The van der Waals surface area contributed by atoms with Crippen LogP contribution < -0.4 is 15.4 Å². The molecule has 0 saturated carbocycles. The lowest BCUT2D eigenvalue weighted by Crippen LogP contribution is -2.27. The molecule has 0 spiro atoms. The minimum Gasteiger partial charge on any atom is -0.496 e. The predicted molar refractivity (Wildman–Crippen MR) is 145 cm³/mol. The molecular formula is C29H35N3O3S. The number of hydrogen-bond acceptors (Lipinski definition) is 5. The minimum atomic E-state index is -0.264. The third-order valence-electron chi connectivity index (χ3n) is 6.88. The van der Waals surface area contributed by atoms with Crippen molar-refractivity contribution in [2.75, 3.05) is 12.4 Å². The fourth-order valence-electron chi connectivity index (χ4n) is 4.74. The molecule has 1 aliphatic rings. The van der Waals surface area contributed by atoms with E-state index in [0.717, 1.165) is 41.3 Å². The van der Waals surface area contributed by atoms with E-state index in [0.29, 0.717) is 16.3 Å². The molecule has 4 rings (SSSR count). The normalized spacial score (nSPS) is 15.6. The Morgan fingerprint density at radius 1 is 1.17 bits per heavy atom. The predicted octanol–water partition coefficient (Wildman–Crippen LogP) is 6.50. The molecule has 190 valence electrons. The topological polar surface area (TPSA) is 80.3 Å². The molecule has 0 unspecified atom stereocenters. The standard InChI is InChI=1S/C29H35N3O3S/c1-5-6-8-20-11-13-24-26(16-20)36-29(31-24)32-28(34)22-10-7-9-21(17-22)19(3)30-27(33)23-12-14-25(35-4)18(2)15-23/h7,9-10,12,14-15,17,19-20H,5-6,8,11,13,16H2,1-4H3,(H,30,33)(H,31,32,34)/t19-,20+/m1/s1. The molecule has 3 aromatic rings. The number of ether oxygens (including phenoxy) is 1. The van der Waals surface area contributed by atoms with E-state index in [4.69, 9.17) is 9.72 Å². The van der Waals surface area contributed by atoms with E-state index in [1.54, 1.807) is 36.6 Å². The van der Waals surface area contributed by atoms with Gasteiger partial charge < -0.3 is 10.1 Å². The number of methoxy groups -OCH3 is 1. The SMILES string of the molecule is CCCC[C@H]1CCc2nc(NC(=O)c3cccc([C@@H](C)NC(=O)c4ccc(OC)c(C)c4)c3)sc2C1. The van der Waals surface area contributed by atoms with Gasteiger partial charge in [-0.05, 0) is 80.5 Å². The molecule has 0 bridgehead atoms. The number of hydrogen-bond donors (Lipinski definition) is 2. The number of unbranched alkanes of at least 4 members (excludes halogenated alkanes) is 1. The Labute approximate surface area is 217 Å². The summed E-state index contributed by atoms with van der Waals surface area (Å²) in [5.41, 5.74) is 4.01. The van der Waals surface area contributed by atoms with Gasteiger partial charge >= 0.3 is 0 Å². The lowest BCUT2D eigenvalue weighted by atomic mass is 9.87. The molecule has 0 radical (unpaired) electrons. The highest BCUT2D eigenvalue weighted by molar-refractivity contribution is 7.15. The number of anilines is 1. The van der Waals surface area contributed by atoms with E-state index in [1.807, 2.05) is 38.1 Å². The quantitative estimate of drug-likeness (QED) is 0.348. The molecule has 2 N–H and O–H groups in total. The first kappa shape index (κ1) is 25.9. The van der Waals surface area contributed by atoms with Crippen LogP contribution in [-0.4, -0.2) is 23.9 Å². The molecule has 1 aromatic heterocycles. The lowest BCUT2D eigenvalue weighted by molar-refractivity contribution is 0.0939. The lowest BCUT2D eigenvalue weighted by Gasteiger charge is -2.20. The van der Waals surface area contributed by atoms with Crippen molar-refractivity contribution < 1.29 is 14.3 Å². The molecule has 7 heteroatoms. The number of nitrogens with one attached hydrogen (secondary N) is 2. The van der Waals surface area contributed by atoms with Crippen molar-refractivity contribution in [3.63, 3.8) is 0 Å². The van der Waals surface area contributed by atoms with Gasteiger partial charge in [0.25, 0.3) is 11.8 Å². The second-order valence-electron chi connectivity index (χ2n) is 9.60. The van der Waals surface area contributed by atoms with E-state index in [9.17, 15) is 9.59 Å². The molecule has 1 aliphatic carbocycles. The minimum absolute atomic E-state index is 0.172. The van der Waals surface area contributed by atoms with Crippen LogP contribution in [0, 0.1) is 12.8 Å². The summed E-state index contributed by atoms with van der Waals surface area (Å²) in [4.78, 5) is 31.8. The fourth-order valence-corrected chi connectivity index (χ4v) is 5.85. The van der Waals surface area contributed by atoms with Gasteiger partial charge in [-0.2, -0.15) is 0 Å². The average molecular weight is 506 g/mol. The van der Waals surface area contributed by atoms with Crippen LogP contribution in [0.15, 0.2) is 42.5 Å². The highest BCUT2D eigenvalue weighted by atomic mass is 32.1. The van der Waals surface area contributed by atoms with Crippen molar-refractivity contribution in [1.29, 1.82) is 0 Å². The number of rotatable bonds is 9. The van der Waals surface area contributed by atoms with Crippen LogP contribution in [0.1, 0.15) is 88.0 Å². The van der Waals surface area contributed by atoms with Crippen LogP contribution in [-0.2, 0) is 12.8 Å². The highest BCUT2D eigenvalue weighted by Gasteiger charge is 2.23. The fraction of sp³-hybridized carbons (Fsp3) is 0.414. The molecule has 36 heavy (non-hydrogen) atoms. The number of benzene rings is 2. The zero-order chi connectivity index (χ0) is 25.7. The largest absolute Gasteiger partial charge is 0.496 e. The maximum Gasteiger partial charge on any atom is 0.257 e. The summed E-state index contributed by atoms with van der Waals surface area (Å²) >= 11 is 1.61. The monoisotopic (exact) mass is 505 g/mol. The van der Waals surface area contributed by atoms with Gasteiger partial charge in [-0.3, -0.25) is 14.9 Å². The molecule has 6 nitrogen and oxygen atoms in total. The number of thiazole rings is 1. The zero-order valence-electron chi connectivity index (χ0n) is 21.5. The third-order valence-corrected chi connectivity index (χ3v) is 7.92. The second kappa shape index (κ2) is 11.7. The first-order valence-corrected chi connectivity index (χ1v) is 13.5. The third kappa shape index (κ3) is 6.13. The molecule has 1 heterocycles. The number of aryl methyl sites for hydroxylation is 2. The smallest absolute Gasteiger partial charge is 0.257 e. The summed E-state index contributed by atoms with van der Waals surface area (Å²) in [6, 6.07) is 12.5. The number of carbonyl (C=O) groups excluding carboxylic acids is 2. The van der Waals surface area contributed by atoms with Crippen LogP contribution in [0.5, 0.6) is 5.75 Å². The van der Waals surface area contributed by atoms with E-state index in [-0.39, 0.29) is 17.9 Å². The van der Waals surface area contributed by atoms with Crippen molar-refractivity contribution in [2.24, 2.45) is 5.92 Å². The Kier molecular flexibility index (Phi) is 8.41. The Morgan fingerprint density at radius 2 is 1.97 bits per heavy atom. The van der Waals surface area contributed by atoms with E-state index < -0.39 is 0 Å². The molecular weight excluding hydrogens is 470 g/mol. The number of fused-ring (bicyclic) bond motifs is 1. The summed E-state index contributed by atoms with van der Waals surface area (Å²) in [6.45, 7) is 6.06. The van der Waals surface area contributed by atoms with E-state index >= 15 is 0 Å². The highest BCUT2D eigenvalue weighted by Crippen LogP contribution is 2.34. The van der Waals surface area contributed by atoms with Gasteiger partial charge in [0.2, 0.25) is 0 Å².